The number of nitrogens with one attached hydrogen (secondary N) is 1. The Morgan fingerprint density at radius 2 is 1.86 bits per heavy atom. The van der Waals surface area contributed by atoms with E-state index < -0.39 is 5.63 Å². The predicted octanol–water partition coefficient (Wildman–Crippen LogP) is 1.73. The maximum Gasteiger partial charge on any atom is 0.349 e. The van der Waals surface area contributed by atoms with Crippen LogP contribution >= 0.6 is 0 Å². The van der Waals surface area contributed by atoms with Crippen LogP contribution in [0.25, 0.3) is 11.0 Å². The molecule has 6 nitrogen and oxygen atoms in total. The largest absolute Gasteiger partial charge is 0.490 e. The molecule has 1 amide bonds. The summed E-state index contributed by atoms with van der Waals surface area (Å²) >= 11 is 0. The van der Waals surface area contributed by atoms with Crippen molar-refractivity contribution in [2.24, 2.45) is 0 Å². The molecule has 1 aliphatic heterocycles. The second kappa shape index (κ2) is 8.49. The molecule has 0 radical (unpaired) electrons. The molecule has 1 N–H and O–H groups in total. The Morgan fingerprint density at radius 1 is 1.10 bits per heavy atom. The molecule has 150 valence electrons. The van der Waals surface area contributed by atoms with Gasteiger partial charge in [0, 0.05) is 10.9 Å². The normalized spacial score (nSPS) is 14.9. The van der Waals surface area contributed by atoms with Crippen LogP contribution in [0.1, 0.15) is 22.8 Å². The minimum atomic E-state index is -0.617. The molecule has 0 aliphatic carbocycles. The summed E-state index contributed by atoms with van der Waals surface area (Å²) in [7, 11) is 0. The van der Waals surface area contributed by atoms with E-state index in [9.17, 15) is 9.59 Å². The quantitative estimate of drug-likeness (QED) is 0.671. The minimum absolute atomic E-state index is 0.0812. The molecule has 0 atom stereocenters. The zero-order chi connectivity index (χ0) is 20.2. The number of carbonyl (C=O) groups excluding carboxylic acids is 1. The van der Waals surface area contributed by atoms with E-state index in [0.29, 0.717) is 36.4 Å². The maximum atomic E-state index is 13.0. The number of ether oxygens (including phenoxy) is 1. The zero-order valence-corrected chi connectivity index (χ0v) is 16.5. The molecule has 0 spiro atoms. The molecule has 1 fully saturated rings. The Morgan fingerprint density at radius 3 is 2.59 bits per heavy atom. The first-order chi connectivity index (χ1) is 14.2. The van der Waals surface area contributed by atoms with Gasteiger partial charge < -0.3 is 19.0 Å². The van der Waals surface area contributed by atoms with Crippen molar-refractivity contribution < 1.29 is 18.8 Å². The molecule has 1 aliphatic rings. The van der Waals surface area contributed by atoms with Crippen LogP contribution in [0.4, 0.5) is 0 Å². The Balaban J connectivity index is 1.48. The van der Waals surface area contributed by atoms with Gasteiger partial charge in [-0.1, -0.05) is 42.5 Å². The van der Waals surface area contributed by atoms with Gasteiger partial charge in [-0.15, -0.1) is 0 Å². The molecular weight excluding hydrogens is 368 g/mol. The van der Waals surface area contributed by atoms with E-state index in [0.717, 1.165) is 19.6 Å². The van der Waals surface area contributed by atoms with Crippen molar-refractivity contribution in [2.45, 2.75) is 13.5 Å². The van der Waals surface area contributed by atoms with Crippen LogP contribution in [0.3, 0.4) is 0 Å². The number of hydrogen-bond acceptors (Lipinski definition) is 4. The van der Waals surface area contributed by atoms with Crippen LogP contribution in [0.2, 0.25) is 0 Å². The number of nitrogens with zero attached hydrogens (tertiary/aromatic N) is 1. The highest BCUT2D eigenvalue weighted by molar-refractivity contribution is 5.97. The van der Waals surface area contributed by atoms with Crippen LogP contribution in [0.5, 0.6) is 5.75 Å². The summed E-state index contributed by atoms with van der Waals surface area (Å²) in [5.41, 5.74) is 1.14. The number of rotatable bonds is 5. The predicted molar refractivity (Wildman–Crippen MR) is 110 cm³/mol. The van der Waals surface area contributed by atoms with Crippen molar-refractivity contribution in [1.29, 1.82) is 0 Å². The Bertz CT molecular complexity index is 1050. The third kappa shape index (κ3) is 4.17. The number of amides is 1. The third-order valence-electron chi connectivity index (χ3n) is 5.31. The SMILES string of the molecule is CCOc1cccc2cc(C(=O)N3CC[NH+](Cc4ccccc4)CC3)c(=O)oc12. The standard InChI is InChI=1S/C23H24N2O4/c1-2-28-20-10-6-9-18-15-19(23(27)29-21(18)20)22(26)25-13-11-24(12-14-25)16-17-7-4-3-5-8-17/h3-10,15H,2,11-14,16H2,1H3/p+1. The van der Waals surface area contributed by atoms with E-state index in [1.54, 1.807) is 17.0 Å². The summed E-state index contributed by atoms with van der Waals surface area (Å²) in [6.45, 7) is 6.24. The van der Waals surface area contributed by atoms with Gasteiger partial charge in [0.2, 0.25) is 0 Å². The molecule has 4 rings (SSSR count). The number of piperazine rings is 1. The van der Waals surface area contributed by atoms with Crippen molar-refractivity contribution in [3.63, 3.8) is 0 Å². The topological polar surface area (TPSA) is 64.2 Å². The summed E-state index contributed by atoms with van der Waals surface area (Å²) < 4.78 is 11.0. The van der Waals surface area contributed by atoms with E-state index in [-0.39, 0.29) is 11.5 Å². The first-order valence-corrected chi connectivity index (χ1v) is 10.0. The van der Waals surface area contributed by atoms with E-state index in [1.807, 2.05) is 37.3 Å². The first-order valence-electron chi connectivity index (χ1n) is 10.0. The van der Waals surface area contributed by atoms with Gasteiger partial charge in [-0.2, -0.15) is 0 Å². The highest BCUT2D eigenvalue weighted by Crippen LogP contribution is 2.25. The average Bonchev–Trinajstić information content (AvgIpc) is 2.75. The molecule has 0 unspecified atom stereocenters. The fourth-order valence-electron chi connectivity index (χ4n) is 3.79. The molecule has 1 saturated heterocycles. The Labute approximate surface area is 169 Å². The lowest BCUT2D eigenvalue weighted by molar-refractivity contribution is -0.917. The third-order valence-corrected chi connectivity index (χ3v) is 5.31. The van der Waals surface area contributed by atoms with E-state index >= 15 is 0 Å². The van der Waals surface area contributed by atoms with E-state index in [1.165, 1.54) is 10.5 Å². The monoisotopic (exact) mass is 393 g/mol. The Kier molecular flexibility index (Phi) is 5.62. The van der Waals surface area contributed by atoms with Gasteiger partial charge in [0.1, 0.15) is 12.1 Å². The Hall–Kier alpha value is -3.12. The molecule has 3 aromatic rings. The number of benzene rings is 2. The second-order valence-corrected chi connectivity index (χ2v) is 7.26. The number of para-hydroxylation sites is 1. The van der Waals surface area contributed by atoms with Gasteiger partial charge in [0.25, 0.3) is 5.91 Å². The lowest BCUT2D eigenvalue weighted by atomic mass is 10.1. The zero-order valence-electron chi connectivity index (χ0n) is 16.5. The van der Waals surface area contributed by atoms with Crippen LogP contribution in [-0.4, -0.2) is 43.6 Å². The highest BCUT2D eigenvalue weighted by Gasteiger charge is 2.27. The van der Waals surface area contributed by atoms with Gasteiger partial charge in [-0.05, 0) is 19.1 Å². The molecule has 2 aromatic carbocycles. The van der Waals surface area contributed by atoms with Gasteiger partial charge in [-0.25, -0.2) is 4.79 Å². The summed E-state index contributed by atoms with van der Waals surface area (Å²) in [5, 5.41) is 0.687. The smallest absolute Gasteiger partial charge is 0.349 e. The molecule has 29 heavy (non-hydrogen) atoms. The molecule has 0 saturated carbocycles. The minimum Gasteiger partial charge on any atom is -0.490 e. The lowest BCUT2D eigenvalue weighted by Crippen LogP contribution is -3.13. The summed E-state index contributed by atoms with van der Waals surface area (Å²) in [6.07, 6.45) is 0. The second-order valence-electron chi connectivity index (χ2n) is 7.26. The number of fused-ring (bicyclic) bond motifs is 1. The van der Waals surface area contributed by atoms with Gasteiger partial charge >= 0.3 is 5.63 Å². The van der Waals surface area contributed by atoms with Crippen LogP contribution in [0, 0.1) is 0 Å². The highest BCUT2D eigenvalue weighted by atomic mass is 16.5. The summed E-state index contributed by atoms with van der Waals surface area (Å²) in [6, 6.07) is 17.4. The van der Waals surface area contributed by atoms with Crippen molar-refractivity contribution in [3.05, 3.63) is 76.1 Å². The molecule has 1 aromatic heterocycles. The maximum absolute atomic E-state index is 13.0. The van der Waals surface area contributed by atoms with Crippen LogP contribution in [0.15, 0.2) is 63.8 Å². The van der Waals surface area contributed by atoms with Crippen molar-refractivity contribution in [2.75, 3.05) is 32.8 Å². The van der Waals surface area contributed by atoms with Crippen molar-refractivity contribution in [1.82, 2.24) is 4.90 Å². The number of carbonyl (C=O) groups is 1. The van der Waals surface area contributed by atoms with E-state index in [4.69, 9.17) is 9.15 Å². The van der Waals surface area contributed by atoms with Crippen LogP contribution < -0.4 is 15.3 Å². The number of quaternary nitrogens is 1. The fourth-order valence-corrected chi connectivity index (χ4v) is 3.79. The van der Waals surface area contributed by atoms with E-state index in [2.05, 4.69) is 12.1 Å². The number of hydrogen-bond donors (Lipinski definition) is 1. The summed E-state index contributed by atoms with van der Waals surface area (Å²) in [5.74, 6) is 0.250. The lowest BCUT2D eigenvalue weighted by Gasteiger charge is -2.32. The molecule has 0 bridgehead atoms. The van der Waals surface area contributed by atoms with Gasteiger partial charge in [0.15, 0.2) is 11.3 Å². The molecular formula is C23H25N2O4+. The van der Waals surface area contributed by atoms with Crippen molar-refractivity contribution in [3.8, 4) is 5.75 Å². The van der Waals surface area contributed by atoms with Crippen LogP contribution in [-0.2, 0) is 6.54 Å². The van der Waals surface area contributed by atoms with Gasteiger partial charge in [0.05, 0.1) is 32.8 Å². The fraction of sp³-hybridized carbons (Fsp3) is 0.304. The first kappa shape index (κ1) is 19.2. The molecule has 6 heteroatoms. The summed E-state index contributed by atoms with van der Waals surface area (Å²) in [4.78, 5) is 28.7. The molecule has 2 heterocycles. The average molecular weight is 393 g/mol. The van der Waals surface area contributed by atoms with Crippen molar-refractivity contribution >= 4 is 16.9 Å². The van der Waals surface area contributed by atoms with Gasteiger partial charge in [-0.3, -0.25) is 4.79 Å².